The Bertz CT molecular complexity index is 943. The van der Waals surface area contributed by atoms with Crippen molar-refractivity contribution in [3.63, 3.8) is 0 Å². The first-order valence-corrected chi connectivity index (χ1v) is 9.05. The van der Waals surface area contributed by atoms with Crippen LogP contribution in [0.25, 0.3) is 10.9 Å². The SMILES string of the molecule is COc1ccc2c(c1)c(C(=O)NCCc1ccccn1)c(C)n2C1CC1. The number of amides is 1. The second-order valence-corrected chi connectivity index (χ2v) is 6.77. The normalized spacial score (nSPS) is 13.8. The molecule has 2 heterocycles. The van der Waals surface area contributed by atoms with Crippen LogP contribution in [-0.4, -0.2) is 29.1 Å². The van der Waals surface area contributed by atoms with Crippen molar-refractivity contribution in [2.75, 3.05) is 13.7 Å². The number of aromatic nitrogens is 2. The fourth-order valence-corrected chi connectivity index (χ4v) is 3.58. The molecule has 5 nitrogen and oxygen atoms in total. The van der Waals surface area contributed by atoms with Gasteiger partial charge < -0.3 is 14.6 Å². The first kappa shape index (κ1) is 16.6. The number of ether oxygens (including phenoxy) is 1. The van der Waals surface area contributed by atoms with Gasteiger partial charge in [-0.2, -0.15) is 0 Å². The molecule has 1 aromatic carbocycles. The molecule has 1 saturated carbocycles. The van der Waals surface area contributed by atoms with Crippen LogP contribution in [0.1, 0.15) is 40.6 Å². The molecule has 0 bridgehead atoms. The molecule has 5 heteroatoms. The molecule has 1 aliphatic rings. The van der Waals surface area contributed by atoms with Crippen molar-refractivity contribution >= 4 is 16.8 Å². The molecule has 1 aliphatic carbocycles. The first-order valence-electron chi connectivity index (χ1n) is 9.05. The van der Waals surface area contributed by atoms with Crippen LogP contribution in [0, 0.1) is 6.92 Å². The standard InChI is InChI=1S/C21H23N3O2/c1-14-20(21(25)23-12-10-15-5-3-4-11-22-15)18-13-17(26-2)8-9-19(18)24(14)16-6-7-16/h3-5,8-9,11,13,16H,6-7,10,12H2,1-2H3,(H,23,25). The van der Waals surface area contributed by atoms with E-state index in [1.54, 1.807) is 13.3 Å². The minimum Gasteiger partial charge on any atom is -0.497 e. The number of nitrogens with zero attached hydrogens (tertiary/aromatic N) is 2. The van der Waals surface area contributed by atoms with E-state index in [1.807, 2.05) is 37.3 Å². The van der Waals surface area contributed by atoms with Crippen molar-refractivity contribution < 1.29 is 9.53 Å². The lowest BCUT2D eigenvalue weighted by Crippen LogP contribution is -2.26. The van der Waals surface area contributed by atoms with E-state index in [9.17, 15) is 4.79 Å². The summed E-state index contributed by atoms with van der Waals surface area (Å²) < 4.78 is 7.68. The molecule has 1 amide bonds. The van der Waals surface area contributed by atoms with E-state index in [-0.39, 0.29) is 5.91 Å². The zero-order chi connectivity index (χ0) is 18.1. The lowest BCUT2D eigenvalue weighted by molar-refractivity contribution is 0.0955. The molecule has 0 aliphatic heterocycles. The van der Waals surface area contributed by atoms with Crippen molar-refractivity contribution in [1.29, 1.82) is 0 Å². The van der Waals surface area contributed by atoms with E-state index in [2.05, 4.69) is 20.9 Å². The highest BCUT2D eigenvalue weighted by Gasteiger charge is 2.30. The second-order valence-electron chi connectivity index (χ2n) is 6.77. The minimum absolute atomic E-state index is 0.0314. The van der Waals surface area contributed by atoms with E-state index in [0.29, 0.717) is 12.6 Å². The highest BCUT2D eigenvalue weighted by Crippen LogP contribution is 2.41. The van der Waals surface area contributed by atoms with E-state index in [1.165, 1.54) is 12.8 Å². The number of pyridine rings is 1. The average Bonchev–Trinajstić information content (AvgIpc) is 3.45. The maximum Gasteiger partial charge on any atom is 0.253 e. The number of benzene rings is 1. The van der Waals surface area contributed by atoms with Gasteiger partial charge in [0.15, 0.2) is 0 Å². The summed E-state index contributed by atoms with van der Waals surface area (Å²) in [6, 6.07) is 12.3. The number of hydrogen-bond acceptors (Lipinski definition) is 3. The van der Waals surface area contributed by atoms with Crippen molar-refractivity contribution in [1.82, 2.24) is 14.9 Å². The van der Waals surface area contributed by atoms with Gasteiger partial charge in [0.05, 0.1) is 12.7 Å². The Morgan fingerprint density at radius 3 is 2.85 bits per heavy atom. The molecule has 1 N–H and O–H groups in total. The summed E-state index contributed by atoms with van der Waals surface area (Å²) in [4.78, 5) is 17.2. The third-order valence-electron chi connectivity index (χ3n) is 4.99. The fourth-order valence-electron chi connectivity index (χ4n) is 3.58. The molecule has 1 fully saturated rings. The van der Waals surface area contributed by atoms with Gasteiger partial charge in [0.25, 0.3) is 5.91 Å². The van der Waals surface area contributed by atoms with E-state index < -0.39 is 0 Å². The van der Waals surface area contributed by atoms with Crippen LogP contribution < -0.4 is 10.1 Å². The molecule has 0 atom stereocenters. The van der Waals surface area contributed by atoms with Crippen LogP contribution in [0.4, 0.5) is 0 Å². The topological polar surface area (TPSA) is 56.1 Å². The Kier molecular flexibility index (Phi) is 4.37. The summed E-state index contributed by atoms with van der Waals surface area (Å²) in [6.07, 6.45) is 4.85. The molecule has 3 aromatic rings. The Labute approximate surface area is 153 Å². The Balaban J connectivity index is 1.62. The third-order valence-corrected chi connectivity index (χ3v) is 4.99. The van der Waals surface area contributed by atoms with Gasteiger partial charge in [-0.25, -0.2) is 0 Å². The van der Waals surface area contributed by atoms with Gasteiger partial charge in [-0.1, -0.05) is 6.07 Å². The number of carbonyl (C=O) groups is 1. The molecule has 0 unspecified atom stereocenters. The number of methoxy groups -OCH3 is 1. The summed E-state index contributed by atoms with van der Waals surface area (Å²) in [5.41, 5.74) is 3.88. The molecule has 0 radical (unpaired) electrons. The first-order chi connectivity index (χ1) is 12.7. The van der Waals surface area contributed by atoms with Gasteiger partial charge in [0.2, 0.25) is 0 Å². The summed E-state index contributed by atoms with van der Waals surface area (Å²) in [7, 11) is 1.65. The number of hydrogen-bond donors (Lipinski definition) is 1. The zero-order valence-electron chi connectivity index (χ0n) is 15.2. The minimum atomic E-state index is -0.0314. The number of rotatable bonds is 6. The predicted octanol–water partition coefficient (Wildman–Crippen LogP) is 3.66. The van der Waals surface area contributed by atoms with Crippen LogP contribution >= 0.6 is 0 Å². The highest BCUT2D eigenvalue weighted by molar-refractivity contribution is 6.08. The smallest absolute Gasteiger partial charge is 0.253 e. The van der Waals surface area contributed by atoms with Crippen LogP contribution in [0.15, 0.2) is 42.6 Å². The predicted molar refractivity (Wildman–Crippen MR) is 102 cm³/mol. The molecule has 4 rings (SSSR count). The molecule has 0 saturated heterocycles. The lowest BCUT2D eigenvalue weighted by Gasteiger charge is -2.07. The van der Waals surface area contributed by atoms with E-state index in [0.717, 1.165) is 40.0 Å². The average molecular weight is 349 g/mol. The van der Waals surface area contributed by atoms with Crippen LogP contribution in [0.2, 0.25) is 0 Å². The Hall–Kier alpha value is -2.82. The molecule has 2 aromatic heterocycles. The zero-order valence-corrected chi connectivity index (χ0v) is 15.2. The number of carbonyl (C=O) groups excluding carboxylic acids is 1. The van der Waals surface area contributed by atoms with Gasteiger partial charge in [-0.3, -0.25) is 9.78 Å². The molecular weight excluding hydrogens is 326 g/mol. The molecule has 0 spiro atoms. The van der Waals surface area contributed by atoms with E-state index in [4.69, 9.17) is 4.74 Å². The lowest BCUT2D eigenvalue weighted by atomic mass is 10.1. The summed E-state index contributed by atoms with van der Waals surface area (Å²) in [6.45, 7) is 2.60. The monoisotopic (exact) mass is 349 g/mol. The largest absolute Gasteiger partial charge is 0.497 e. The Morgan fingerprint density at radius 2 is 2.15 bits per heavy atom. The number of fused-ring (bicyclic) bond motifs is 1. The van der Waals surface area contributed by atoms with Crippen molar-refractivity contribution in [2.45, 2.75) is 32.2 Å². The summed E-state index contributed by atoms with van der Waals surface area (Å²) in [5.74, 6) is 0.740. The summed E-state index contributed by atoms with van der Waals surface area (Å²) >= 11 is 0. The third kappa shape index (κ3) is 3.05. The maximum atomic E-state index is 12.9. The van der Waals surface area contributed by atoms with E-state index >= 15 is 0 Å². The van der Waals surface area contributed by atoms with Crippen molar-refractivity contribution in [2.24, 2.45) is 0 Å². The van der Waals surface area contributed by atoms with Crippen LogP contribution in [-0.2, 0) is 6.42 Å². The van der Waals surface area contributed by atoms with Crippen molar-refractivity contribution in [3.05, 3.63) is 59.5 Å². The van der Waals surface area contributed by atoms with Crippen LogP contribution in [0.3, 0.4) is 0 Å². The summed E-state index contributed by atoms with van der Waals surface area (Å²) in [5, 5.41) is 4.02. The number of nitrogens with one attached hydrogen (secondary N) is 1. The Morgan fingerprint density at radius 1 is 1.31 bits per heavy atom. The van der Waals surface area contributed by atoms with Gasteiger partial charge in [-0.05, 0) is 50.1 Å². The second kappa shape index (κ2) is 6.83. The van der Waals surface area contributed by atoms with Gasteiger partial charge in [0, 0.05) is 47.5 Å². The molecule has 26 heavy (non-hydrogen) atoms. The highest BCUT2D eigenvalue weighted by atomic mass is 16.5. The van der Waals surface area contributed by atoms with Gasteiger partial charge >= 0.3 is 0 Å². The molecule has 134 valence electrons. The molecular formula is C21H23N3O2. The van der Waals surface area contributed by atoms with Gasteiger partial charge in [-0.15, -0.1) is 0 Å². The van der Waals surface area contributed by atoms with Crippen molar-refractivity contribution in [3.8, 4) is 5.75 Å². The van der Waals surface area contributed by atoms with Gasteiger partial charge in [0.1, 0.15) is 5.75 Å². The fraction of sp³-hybridized carbons (Fsp3) is 0.333. The quantitative estimate of drug-likeness (QED) is 0.739. The maximum absolute atomic E-state index is 12.9. The van der Waals surface area contributed by atoms with Crippen LogP contribution in [0.5, 0.6) is 5.75 Å².